The molecule has 2 fully saturated rings. The average Bonchev–Trinajstić information content (AvgIpc) is 3.22. The number of nitrogens with one attached hydrogen (secondary N) is 2. The summed E-state index contributed by atoms with van der Waals surface area (Å²) in [5.41, 5.74) is 1.86. The van der Waals surface area contributed by atoms with Gasteiger partial charge in [0.05, 0.1) is 45.0 Å². The first-order valence-electron chi connectivity index (χ1n) is 13.0. The van der Waals surface area contributed by atoms with Gasteiger partial charge in [0, 0.05) is 22.4 Å². The number of benzene rings is 1. The Morgan fingerprint density at radius 3 is 2.69 bits per heavy atom. The minimum absolute atomic E-state index is 0.0119. The molecule has 3 N–H and O–H groups in total. The Hall–Kier alpha value is -2.03. The van der Waals surface area contributed by atoms with E-state index in [0.717, 1.165) is 62.0 Å². The van der Waals surface area contributed by atoms with E-state index in [1.165, 1.54) is 21.9 Å². The number of likely N-dealkylation sites (N-methyl/N-ethyl adjacent to an activating group) is 1. The largest absolute Gasteiger partial charge is 0.392 e. The first-order valence-corrected chi connectivity index (χ1v) is 13.8. The summed E-state index contributed by atoms with van der Waals surface area (Å²) in [6, 6.07) is 6.32. The third kappa shape index (κ3) is 4.60. The van der Waals surface area contributed by atoms with Crippen molar-refractivity contribution in [2.24, 2.45) is 23.2 Å². The summed E-state index contributed by atoms with van der Waals surface area (Å²) in [5, 5.41) is 15.8. The van der Waals surface area contributed by atoms with Gasteiger partial charge in [-0.1, -0.05) is 20.8 Å². The number of quaternary nitrogens is 1. The fraction of sp³-hybridized carbons (Fsp3) is 0.630. The first kappa shape index (κ1) is 24.7. The van der Waals surface area contributed by atoms with E-state index in [4.69, 9.17) is 4.98 Å². The van der Waals surface area contributed by atoms with Crippen LogP contribution in [0.5, 0.6) is 0 Å². The van der Waals surface area contributed by atoms with Crippen LogP contribution in [0, 0.1) is 29.0 Å². The normalized spacial score (nSPS) is 32.0. The number of carbonyl (C=O) groups is 1. The molecule has 5 rings (SSSR count). The molecule has 2 heterocycles. The van der Waals surface area contributed by atoms with E-state index in [1.807, 2.05) is 11.8 Å². The number of anilines is 2. The maximum absolute atomic E-state index is 13.3. The van der Waals surface area contributed by atoms with Crippen molar-refractivity contribution in [2.75, 3.05) is 38.5 Å². The summed E-state index contributed by atoms with van der Waals surface area (Å²) in [6.07, 6.45) is 2.26. The maximum atomic E-state index is 13.3. The second-order valence-corrected chi connectivity index (χ2v) is 12.5. The minimum atomic E-state index is -0.524. The lowest BCUT2D eigenvalue weighted by Crippen LogP contribution is -3.12. The molecule has 35 heavy (non-hydrogen) atoms. The van der Waals surface area contributed by atoms with Crippen molar-refractivity contribution in [3.8, 4) is 0 Å². The number of aliphatic hydroxyl groups excluding tert-OH is 1. The van der Waals surface area contributed by atoms with Gasteiger partial charge >= 0.3 is 0 Å². The number of aliphatic hydroxyl groups is 1. The molecule has 1 saturated carbocycles. The number of amides is 1. The second kappa shape index (κ2) is 9.45. The van der Waals surface area contributed by atoms with Crippen LogP contribution in [0.4, 0.5) is 15.2 Å². The summed E-state index contributed by atoms with van der Waals surface area (Å²) in [7, 11) is 2.18. The molecule has 1 aromatic carbocycles. The zero-order valence-electron chi connectivity index (χ0n) is 21.2. The Balaban J connectivity index is 1.33. The number of carbonyl (C=O) groups excluding carboxylic acids is 1. The zero-order chi connectivity index (χ0) is 24.9. The van der Waals surface area contributed by atoms with Gasteiger partial charge in [0.2, 0.25) is 5.91 Å². The molecule has 3 aliphatic rings. The molecular formula is C27H38FN4O2S+. The zero-order valence-corrected chi connectivity index (χ0v) is 22.0. The molecule has 190 valence electrons. The smallest absolute Gasteiger partial charge is 0.226 e. The lowest BCUT2D eigenvalue weighted by atomic mass is 9.53. The van der Waals surface area contributed by atoms with Crippen LogP contribution in [0.1, 0.15) is 50.1 Å². The fourth-order valence-electron chi connectivity index (χ4n) is 6.84. The molecule has 1 saturated heterocycles. The summed E-state index contributed by atoms with van der Waals surface area (Å²) in [6.45, 7) is 10.1. The molecule has 2 aromatic rings. The molecular weight excluding hydrogens is 463 g/mol. The topological polar surface area (TPSA) is 69.9 Å². The maximum Gasteiger partial charge on any atom is 0.226 e. The minimum Gasteiger partial charge on any atom is -0.392 e. The van der Waals surface area contributed by atoms with Crippen LogP contribution in [0.3, 0.4) is 0 Å². The number of piperazine rings is 1. The van der Waals surface area contributed by atoms with Gasteiger partial charge in [0.15, 0.2) is 5.13 Å². The van der Waals surface area contributed by atoms with Crippen molar-refractivity contribution < 1.29 is 19.2 Å². The van der Waals surface area contributed by atoms with Gasteiger partial charge in [-0.25, -0.2) is 9.37 Å². The van der Waals surface area contributed by atoms with Gasteiger partial charge in [-0.3, -0.25) is 4.79 Å². The molecule has 1 amide bonds. The Labute approximate surface area is 211 Å². The van der Waals surface area contributed by atoms with Gasteiger partial charge in [-0.2, -0.15) is 0 Å². The van der Waals surface area contributed by atoms with Crippen LogP contribution in [0.2, 0.25) is 0 Å². The highest BCUT2D eigenvalue weighted by atomic mass is 32.1. The second-order valence-electron chi connectivity index (χ2n) is 11.4. The van der Waals surface area contributed by atoms with Gasteiger partial charge in [0.1, 0.15) is 5.82 Å². The SMILES string of the molecule is C[C@H](C(=O)N1CC[NH+](C)CC1)[C@H]1CC[C@@]2(C)Cc3sc(Nc4ccc(F)cc4)nc3[C@@H](C)[C@@H]2[C@H]1O. The van der Waals surface area contributed by atoms with E-state index in [-0.39, 0.29) is 40.8 Å². The number of hydrogen-bond acceptors (Lipinski definition) is 5. The molecule has 0 unspecified atom stereocenters. The van der Waals surface area contributed by atoms with E-state index in [0.29, 0.717) is 0 Å². The van der Waals surface area contributed by atoms with Crippen LogP contribution >= 0.6 is 11.3 Å². The monoisotopic (exact) mass is 501 g/mol. The number of hydrogen-bond donors (Lipinski definition) is 3. The first-order chi connectivity index (χ1) is 16.7. The van der Waals surface area contributed by atoms with E-state index in [9.17, 15) is 14.3 Å². The van der Waals surface area contributed by atoms with E-state index in [1.54, 1.807) is 23.5 Å². The third-order valence-electron chi connectivity index (χ3n) is 8.98. The van der Waals surface area contributed by atoms with Crippen molar-refractivity contribution in [2.45, 2.75) is 52.1 Å². The van der Waals surface area contributed by atoms with E-state index in [2.05, 4.69) is 26.2 Å². The lowest BCUT2D eigenvalue weighted by Gasteiger charge is -2.53. The van der Waals surface area contributed by atoms with Crippen molar-refractivity contribution in [1.82, 2.24) is 9.88 Å². The summed E-state index contributed by atoms with van der Waals surface area (Å²) in [4.78, 5) is 23.0. The predicted molar refractivity (Wildman–Crippen MR) is 137 cm³/mol. The van der Waals surface area contributed by atoms with Gasteiger partial charge < -0.3 is 20.2 Å². The van der Waals surface area contributed by atoms with Crippen LogP contribution < -0.4 is 10.2 Å². The van der Waals surface area contributed by atoms with Crippen LogP contribution in [-0.2, 0) is 11.2 Å². The number of thiazole rings is 1. The molecule has 6 nitrogen and oxygen atoms in total. The molecule has 0 bridgehead atoms. The fourth-order valence-corrected chi connectivity index (χ4v) is 8.12. The lowest BCUT2D eigenvalue weighted by molar-refractivity contribution is -0.883. The molecule has 0 radical (unpaired) electrons. The Morgan fingerprint density at radius 1 is 1.31 bits per heavy atom. The molecule has 2 aliphatic carbocycles. The van der Waals surface area contributed by atoms with Crippen molar-refractivity contribution in [1.29, 1.82) is 0 Å². The summed E-state index contributed by atoms with van der Waals surface area (Å²) >= 11 is 1.66. The molecule has 1 aliphatic heterocycles. The van der Waals surface area contributed by atoms with Gasteiger partial charge in [-0.05, 0) is 60.8 Å². The third-order valence-corrected chi connectivity index (χ3v) is 9.96. The highest BCUT2D eigenvalue weighted by molar-refractivity contribution is 7.15. The van der Waals surface area contributed by atoms with E-state index < -0.39 is 6.10 Å². The van der Waals surface area contributed by atoms with Gasteiger partial charge in [0.25, 0.3) is 0 Å². The Bertz CT molecular complexity index is 1070. The Morgan fingerprint density at radius 2 is 2.00 bits per heavy atom. The number of fused-ring (bicyclic) bond motifs is 2. The van der Waals surface area contributed by atoms with Crippen LogP contribution in [-0.4, -0.2) is 60.2 Å². The molecule has 0 spiro atoms. The summed E-state index contributed by atoms with van der Waals surface area (Å²) < 4.78 is 13.3. The average molecular weight is 502 g/mol. The van der Waals surface area contributed by atoms with Crippen molar-refractivity contribution in [3.63, 3.8) is 0 Å². The number of rotatable bonds is 4. The highest BCUT2D eigenvalue weighted by Gasteiger charge is 2.54. The molecule has 8 heteroatoms. The highest BCUT2D eigenvalue weighted by Crippen LogP contribution is 2.57. The number of nitrogens with zero attached hydrogens (tertiary/aromatic N) is 2. The molecule has 6 atom stereocenters. The molecule has 1 aromatic heterocycles. The van der Waals surface area contributed by atoms with Crippen molar-refractivity contribution >= 4 is 28.1 Å². The summed E-state index contributed by atoms with van der Waals surface area (Å²) in [5.74, 6) is -0.0733. The van der Waals surface area contributed by atoms with Crippen LogP contribution in [0.15, 0.2) is 24.3 Å². The number of aromatic nitrogens is 1. The van der Waals surface area contributed by atoms with Crippen LogP contribution in [0.25, 0.3) is 0 Å². The standard InChI is InChI=1S/C27H37FN4O2S/c1-16(25(34)32-13-11-31(4)12-14-32)20-9-10-27(3)15-21-23(17(2)22(27)24(20)33)30-26(35-21)29-19-7-5-18(28)6-8-19/h5-8,16-17,20,22,24,33H,9-15H2,1-4H3,(H,29,30)/p+1/t16-,17-,20+,22+,24-,27-/m0/s1. The number of halogens is 1. The van der Waals surface area contributed by atoms with Crippen molar-refractivity contribution in [3.05, 3.63) is 40.7 Å². The van der Waals surface area contributed by atoms with Gasteiger partial charge in [-0.15, -0.1) is 11.3 Å². The quantitative estimate of drug-likeness (QED) is 0.602. The van der Waals surface area contributed by atoms with E-state index >= 15 is 0 Å². The predicted octanol–water partition coefficient (Wildman–Crippen LogP) is 3.07. The Kier molecular flexibility index (Phi) is 6.66.